The smallest absolute Gasteiger partial charge is 0.302 e. The molecular weight excluding hydrogens is 389 g/mol. The van der Waals surface area contributed by atoms with E-state index in [1.807, 2.05) is 0 Å². The molecule has 128 valence electrons. The standard InChI is InChI=1S/C16H10Cl3N3O3/c17-8-1-3-10(4-2-8)25-7-13(23)21-22-15-11-5-9(18)6-12(19)14(11)20-16(15)24/h1-6,20,24H,7H2. The second-order valence-electron chi connectivity index (χ2n) is 4.97. The number of ether oxygens (including phenoxy) is 1. The third-order valence-electron chi connectivity index (χ3n) is 3.22. The van der Waals surface area contributed by atoms with Crippen molar-refractivity contribution in [2.75, 3.05) is 6.61 Å². The van der Waals surface area contributed by atoms with Crippen molar-refractivity contribution in [3.63, 3.8) is 0 Å². The van der Waals surface area contributed by atoms with Crippen LogP contribution < -0.4 is 4.74 Å². The zero-order valence-electron chi connectivity index (χ0n) is 12.5. The van der Waals surface area contributed by atoms with Crippen LogP contribution in [0.15, 0.2) is 46.6 Å². The van der Waals surface area contributed by atoms with Crippen LogP contribution in [0.2, 0.25) is 15.1 Å². The number of aromatic amines is 1. The van der Waals surface area contributed by atoms with Gasteiger partial charge in [-0.05, 0) is 36.4 Å². The Bertz CT molecular complexity index is 968. The van der Waals surface area contributed by atoms with E-state index in [0.717, 1.165) is 0 Å². The van der Waals surface area contributed by atoms with E-state index in [9.17, 15) is 9.90 Å². The third kappa shape index (κ3) is 4.04. The maximum absolute atomic E-state index is 11.8. The molecule has 2 N–H and O–H groups in total. The number of carbonyl (C=O) groups is 1. The Balaban J connectivity index is 1.75. The number of hydrogen-bond acceptors (Lipinski definition) is 4. The summed E-state index contributed by atoms with van der Waals surface area (Å²) in [5.74, 6) is -0.424. The van der Waals surface area contributed by atoms with Crippen molar-refractivity contribution < 1.29 is 14.6 Å². The molecule has 1 aromatic heterocycles. The lowest BCUT2D eigenvalue weighted by Gasteiger charge is -2.02. The van der Waals surface area contributed by atoms with Crippen LogP contribution in [0.3, 0.4) is 0 Å². The largest absolute Gasteiger partial charge is 0.493 e. The summed E-state index contributed by atoms with van der Waals surface area (Å²) in [6, 6.07) is 9.61. The van der Waals surface area contributed by atoms with E-state index in [0.29, 0.717) is 31.7 Å². The van der Waals surface area contributed by atoms with Crippen LogP contribution in [0.25, 0.3) is 10.9 Å². The number of halogens is 3. The Morgan fingerprint density at radius 3 is 2.56 bits per heavy atom. The first-order chi connectivity index (χ1) is 11.9. The summed E-state index contributed by atoms with van der Waals surface area (Å²) in [5.41, 5.74) is 0.515. The molecule has 0 saturated carbocycles. The van der Waals surface area contributed by atoms with Crippen molar-refractivity contribution in [3.8, 4) is 11.6 Å². The van der Waals surface area contributed by atoms with E-state index in [4.69, 9.17) is 39.5 Å². The van der Waals surface area contributed by atoms with Gasteiger partial charge in [-0.25, -0.2) is 0 Å². The first-order valence-corrected chi connectivity index (χ1v) is 8.10. The molecule has 6 nitrogen and oxygen atoms in total. The Morgan fingerprint density at radius 2 is 1.84 bits per heavy atom. The van der Waals surface area contributed by atoms with Crippen molar-refractivity contribution in [1.29, 1.82) is 0 Å². The number of aromatic nitrogens is 1. The highest BCUT2D eigenvalue weighted by Crippen LogP contribution is 2.40. The Hall–Kier alpha value is -2.28. The summed E-state index contributed by atoms with van der Waals surface area (Å²) in [6.45, 7) is -0.310. The van der Waals surface area contributed by atoms with Gasteiger partial charge in [-0.15, -0.1) is 10.2 Å². The van der Waals surface area contributed by atoms with E-state index >= 15 is 0 Å². The fourth-order valence-electron chi connectivity index (χ4n) is 2.10. The Labute approximate surface area is 157 Å². The number of fused-ring (bicyclic) bond motifs is 1. The molecule has 3 aromatic rings. The molecule has 1 amide bonds. The van der Waals surface area contributed by atoms with Crippen molar-refractivity contribution in [1.82, 2.24) is 4.98 Å². The van der Waals surface area contributed by atoms with E-state index in [-0.39, 0.29) is 18.2 Å². The lowest BCUT2D eigenvalue weighted by molar-refractivity contribution is -0.120. The molecule has 1 heterocycles. The monoisotopic (exact) mass is 397 g/mol. The molecule has 0 aliphatic carbocycles. The molecular formula is C16H10Cl3N3O3. The minimum Gasteiger partial charge on any atom is -0.493 e. The summed E-state index contributed by atoms with van der Waals surface area (Å²) in [6.07, 6.45) is 0. The van der Waals surface area contributed by atoms with Gasteiger partial charge in [0.2, 0.25) is 5.88 Å². The number of azo groups is 1. The third-order valence-corrected chi connectivity index (χ3v) is 3.98. The van der Waals surface area contributed by atoms with E-state index in [2.05, 4.69) is 15.2 Å². The van der Waals surface area contributed by atoms with Gasteiger partial charge in [0.1, 0.15) is 5.75 Å². The number of nitrogens with zero attached hydrogens (tertiary/aromatic N) is 2. The molecule has 0 unspecified atom stereocenters. The zero-order valence-corrected chi connectivity index (χ0v) is 14.7. The molecule has 2 aromatic carbocycles. The molecule has 0 aliphatic heterocycles. The van der Waals surface area contributed by atoms with Gasteiger partial charge in [0.15, 0.2) is 12.3 Å². The first kappa shape index (κ1) is 17.5. The SMILES string of the molecule is O=C(COc1ccc(Cl)cc1)N=Nc1c(O)[nH]c2c(Cl)cc(Cl)cc12. The van der Waals surface area contributed by atoms with Gasteiger partial charge in [0, 0.05) is 15.4 Å². The average Bonchev–Trinajstić information content (AvgIpc) is 2.88. The maximum atomic E-state index is 11.8. The Morgan fingerprint density at radius 1 is 1.12 bits per heavy atom. The maximum Gasteiger partial charge on any atom is 0.302 e. The predicted molar refractivity (Wildman–Crippen MR) is 96.5 cm³/mol. The van der Waals surface area contributed by atoms with Crippen LogP contribution in [0.4, 0.5) is 5.69 Å². The number of hydrogen-bond donors (Lipinski definition) is 2. The number of H-pyrrole nitrogens is 1. The van der Waals surface area contributed by atoms with Crippen LogP contribution >= 0.6 is 34.8 Å². The quantitative estimate of drug-likeness (QED) is 0.567. The van der Waals surface area contributed by atoms with E-state index in [1.54, 1.807) is 30.3 Å². The Kier molecular flexibility index (Phi) is 5.13. The summed E-state index contributed by atoms with van der Waals surface area (Å²) < 4.78 is 5.27. The molecule has 9 heteroatoms. The molecule has 3 rings (SSSR count). The van der Waals surface area contributed by atoms with Crippen LogP contribution in [0.5, 0.6) is 11.6 Å². The molecule has 0 aliphatic rings. The molecule has 0 radical (unpaired) electrons. The fraction of sp³-hybridized carbons (Fsp3) is 0.0625. The van der Waals surface area contributed by atoms with Gasteiger partial charge in [0.25, 0.3) is 0 Å². The van der Waals surface area contributed by atoms with Crippen molar-refractivity contribution >= 4 is 57.3 Å². The number of aromatic hydroxyl groups is 1. The molecule has 0 bridgehead atoms. The molecule has 0 spiro atoms. The van der Waals surface area contributed by atoms with Gasteiger partial charge < -0.3 is 14.8 Å². The topological polar surface area (TPSA) is 87.0 Å². The van der Waals surface area contributed by atoms with Crippen molar-refractivity contribution in [3.05, 3.63) is 51.5 Å². The number of rotatable bonds is 4. The summed E-state index contributed by atoms with van der Waals surface area (Å²) in [4.78, 5) is 14.5. The normalized spacial score (nSPS) is 11.3. The van der Waals surface area contributed by atoms with Crippen LogP contribution in [0, 0.1) is 0 Å². The van der Waals surface area contributed by atoms with Crippen molar-refractivity contribution in [2.45, 2.75) is 0 Å². The predicted octanol–water partition coefficient (Wildman–Crippen LogP) is 5.52. The van der Waals surface area contributed by atoms with E-state index in [1.165, 1.54) is 6.07 Å². The first-order valence-electron chi connectivity index (χ1n) is 6.96. The molecule has 25 heavy (non-hydrogen) atoms. The van der Waals surface area contributed by atoms with Gasteiger partial charge in [-0.3, -0.25) is 4.79 Å². The van der Waals surface area contributed by atoms with Gasteiger partial charge >= 0.3 is 5.91 Å². The number of benzene rings is 2. The van der Waals surface area contributed by atoms with Gasteiger partial charge in [0.05, 0.1) is 10.5 Å². The second kappa shape index (κ2) is 7.31. The minimum atomic E-state index is -0.628. The zero-order chi connectivity index (χ0) is 18.0. The summed E-state index contributed by atoms with van der Waals surface area (Å²) in [7, 11) is 0. The highest BCUT2D eigenvalue weighted by atomic mass is 35.5. The average molecular weight is 399 g/mol. The number of carbonyl (C=O) groups excluding carboxylic acids is 1. The molecule has 0 atom stereocenters. The van der Waals surface area contributed by atoms with Crippen LogP contribution in [0.1, 0.15) is 0 Å². The second-order valence-corrected chi connectivity index (χ2v) is 6.25. The minimum absolute atomic E-state index is 0.0687. The van der Waals surface area contributed by atoms with Gasteiger partial charge in [-0.1, -0.05) is 34.8 Å². The lowest BCUT2D eigenvalue weighted by Crippen LogP contribution is -2.07. The number of nitrogens with one attached hydrogen (secondary N) is 1. The van der Waals surface area contributed by atoms with Crippen LogP contribution in [-0.2, 0) is 4.79 Å². The highest BCUT2D eigenvalue weighted by Gasteiger charge is 2.14. The molecule has 0 saturated heterocycles. The number of amides is 1. The highest BCUT2D eigenvalue weighted by molar-refractivity contribution is 6.38. The summed E-state index contributed by atoms with van der Waals surface area (Å²) in [5, 5.41) is 18.9. The fourth-order valence-corrected chi connectivity index (χ4v) is 2.77. The van der Waals surface area contributed by atoms with Crippen LogP contribution in [-0.4, -0.2) is 22.6 Å². The lowest BCUT2D eigenvalue weighted by atomic mass is 10.2. The van der Waals surface area contributed by atoms with E-state index < -0.39 is 5.91 Å². The van der Waals surface area contributed by atoms with Crippen molar-refractivity contribution in [2.24, 2.45) is 10.2 Å². The molecule has 0 fully saturated rings. The van der Waals surface area contributed by atoms with Gasteiger partial charge in [-0.2, -0.15) is 0 Å². The summed E-state index contributed by atoms with van der Waals surface area (Å²) >= 11 is 17.8.